The molecule has 4 nitrogen and oxygen atoms in total. The van der Waals surface area contributed by atoms with E-state index in [0.717, 1.165) is 32.4 Å². The molecule has 1 heterocycles. The molecule has 1 aliphatic heterocycles. The van der Waals surface area contributed by atoms with E-state index in [1.54, 1.807) is 30.3 Å². The minimum Gasteiger partial charge on any atom is -0.378 e. The van der Waals surface area contributed by atoms with Crippen molar-refractivity contribution in [3.8, 4) is 0 Å². The van der Waals surface area contributed by atoms with Gasteiger partial charge < -0.3 is 4.90 Å². The van der Waals surface area contributed by atoms with E-state index < -0.39 is 5.91 Å². The fourth-order valence-electron chi connectivity index (χ4n) is 2.38. The minimum atomic E-state index is -0.411. The van der Waals surface area contributed by atoms with Gasteiger partial charge in [0.05, 0.1) is 4.91 Å². The first-order valence-electron chi connectivity index (χ1n) is 7.72. The summed E-state index contributed by atoms with van der Waals surface area (Å²) in [5, 5.41) is 0. The van der Waals surface area contributed by atoms with E-state index in [1.165, 1.54) is 0 Å². The van der Waals surface area contributed by atoms with Crippen LogP contribution in [0, 0.1) is 0 Å². The van der Waals surface area contributed by atoms with E-state index in [1.807, 2.05) is 43.3 Å². The van der Waals surface area contributed by atoms with Crippen molar-refractivity contribution in [1.29, 1.82) is 0 Å². The normalized spacial score (nSPS) is 15.7. The summed E-state index contributed by atoms with van der Waals surface area (Å²) in [6.07, 6.45) is 1.76. The molecule has 1 saturated heterocycles. The molecule has 0 aliphatic carbocycles. The highest BCUT2D eigenvalue weighted by atomic mass is 79.9. The van der Waals surface area contributed by atoms with Crippen molar-refractivity contribution < 1.29 is 9.59 Å². The SMILES string of the molecule is CN(C)c1ccc(/C=C2/SC(=S)N(C(=O)c3ccc(Br)cc3)C2=O)cc1. The largest absolute Gasteiger partial charge is 0.378 e. The lowest BCUT2D eigenvalue weighted by Gasteiger charge is -2.12. The van der Waals surface area contributed by atoms with Crippen LogP contribution >= 0.6 is 39.9 Å². The zero-order chi connectivity index (χ0) is 18.8. The summed E-state index contributed by atoms with van der Waals surface area (Å²) >= 11 is 9.73. The Hall–Kier alpha value is -1.96. The monoisotopic (exact) mass is 446 g/mol. The van der Waals surface area contributed by atoms with Crippen LogP contribution < -0.4 is 4.90 Å². The number of thioether (sulfide) groups is 1. The van der Waals surface area contributed by atoms with Gasteiger partial charge in [0.2, 0.25) is 0 Å². The van der Waals surface area contributed by atoms with Crippen molar-refractivity contribution in [1.82, 2.24) is 4.90 Å². The molecule has 0 aromatic heterocycles. The molecule has 0 N–H and O–H groups in total. The number of hydrogen-bond donors (Lipinski definition) is 0. The number of imide groups is 1. The molecule has 1 fully saturated rings. The zero-order valence-electron chi connectivity index (χ0n) is 14.1. The molecule has 0 unspecified atom stereocenters. The molecule has 7 heteroatoms. The number of carbonyl (C=O) groups is 2. The van der Waals surface area contributed by atoms with Crippen LogP contribution in [-0.4, -0.2) is 35.1 Å². The van der Waals surface area contributed by atoms with Gasteiger partial charge in [0.15, 0.2) is 4.32 Å². The Morgan fingerprint density at radius 1 is 1.12 bits per heavy atom. The summed E-state index contributed by atoms with van der Waals surface area (Å²) < 4.78 is 1.11. The van der Waals surface area contributed by atoms with E-state index in [4.69, 9.17) is 12.2 Å². The van der Waals surface area contributed by atoms with Gasteiger partial charge in [0, 0.05) is 29.8 Å². The van der Waals surface area contributed by atoms with Gasteiger partial charge in [0.25, 0.3) is 11.8 Å². The molecule has 1 aliphatic rings. The molecule has 2 aromatic carbocycles. The number of amides is 2. The number of rotatable bonds is 3. The number of benzene rings is 2. The molecular formula is C19H15BrN2O2S2. The van der Waals surface area contributed by atoms with Crippen molar-refractivity contribution in [2.24, 2.45) is 0 Å². The highest BCUT2D eigenvalue weighted by Crippen LogP contribution is 2.34. The first-order valence-corrected chi connectivity index (χ1v) is 9.74. The van der Waals surface area contributed by atoms with Crippen LogP contribution in [0.4, 0.5) is 5.69 Å². The van der Waals surface area contributed by atoms with E-state index in [-0.39, 0.29) is 10.2 Å². The second-order valence-electron chi connectivity index (χ2n) is 5.82. The van der Waals surface area contributed by atoms with Gasteiger partial charge in [0.1, 0.15) is 0 Å². The predicted octanol–water partition coefficient (Wildman–Crippen LogP) is 4.56. The fraction of sp³-hybridized carbons (Fsp3) is 0.105. The van der Waals surface area contributed by atoms with Crippen LogP contribution in [0.1, 0.15) is 15.9 Å². The highest BCUT2D eigenvalue weighted by Gasteiger charge is 2.37. The molecule has 3 rings (SSSR count). The summed E-state index contributed by atoms with van der Waals surface area (Å²) in [5.41, 5.74) is 2.37. The van der Waals surface area contributed by atoms with Crippen LogP contribution in [-0.2, 0) is 4.79 Å². The Labute approximate surface area is 170 Å². The van der Waals surface area contributed by atoms with Gasteiger partial charge in [-0.2, -0.15) is 0 Å². The number of hydrogen-bond acceptors (Lipinski definition) is 5. The topological polar surface area (TPSA) is 40.6 Å². The van der Waals surface area contributed by atoms with Crippen LogP contribution in [0.5, 0.6) is 0 Å². The molecule has 0 bridgehead atoms. The first-order chi connectivity index (χ1) is 12.4. The van der Waals surface area contributed by atoms with Crippen LogP contribution in [0.2, 0.25) is 0 Å². The maximum Gasteiger partial charge on any atom is 0.273 e. The summed E-state index contributed by atoms with van der Waals surface area (Å²) in [7, 11) is 3.93. The molecule has 0 radical (unpaired) electrons. The van der Waals surface area contributed by atoms with Crippen molar-refractivity contribution in [3.05, 3.63) is 69.0 Å². The Kier molecular flexibility index (Phi) is 5.60. The second kappa shape index (κ2) is 7.73. The van der Waals surface area contributed by atoms with Crippen molar-refractivity contribution >= 4 is 67.8 Å². The van der Waals surface area contributed by atoms with Crippen molar-refractivity contribution in [2.45, 2.75) is 0 Å². The van der Waals surface area contributed by atoms with Gasteiger partial charge in [-0.15, -0.1) is 0 Å². The third kappa shape index (κ3) is 3.90. The zero-order valence-corrected chi connectivity index (χ0v) is 17.3. The van der Waals surface area contributed by atoms with Crippen molar-refractivity contribution in [3.63, 3.8) is 0 Å². The second-order valence-corrected chi connectivity index (χ2v) is 8.41. The molecule has 2 amide bonds. The van der Waals surface area contributed by atoms with Crippen LogP contribution in [0.15, 0.2) is 57.9 Å². The van der Waals surface area contributed by atoms with Crippen molar-refractivity contribution in [2.75, 3.05) is 19.0 Å². The third-order valence-corrected chi connectivity index (χ3v) is 5.63. The molecule has 0 atom stereocenters. The standard InChI is InChI=1S/C19H15BrN2O2S2/c1-21(2)15-9-3-12(4-10-15)11-16-18(24)22(19(25)26-16)17(23)13-5-7-14(20)8-6-13/h3-11H,1-2H3/b16-11+. The lowest BCUT2D eigenvalue weighted by atomic mass is 10.1. The smallest absolute Gasteiger partial charge is 0.273 e. The molecule has 26 heavy (non-hydrogen) atoms. The van der Waals surface area contributed by atoms with E-state index >= 15 is 0 Å². The Morgan fingerprint density at radius 2 is 1.73 bits per heavy atom. The number of thiocarbonyl (C=S) groups is 1. The molecular weight excluding hydrogens is 432 g/mol. The van der Waals surface area contributed by atoms with Crippen LogP contribution in [0.25, 0.3) is 6.08 Å². The maximum absolute atomic E-state index is 12.7. The Morgan fingerprint density at radius 3 is 2.31 bits per heavy atom. The van der Waals surface area contributed by atoms with E-state index in [2.05, 4.69) is 15.9 Å². The highest BCUT2D eigenvalue weighted by molar-refractivity contribution is 9.10. The number of carbonyl (C=O) groups excluding carboxylic acids is 2. The average Bonchev–Trinajstić information content (AvgIpc) is 2.89. The Bertz CT molecular complexity index is 906. The first kappa shape index (κ1) is 18.8. The van der Waals surface area contributed by atoms with E-state index in [9.17, 15) is 9.59 Å². The lowest BCUT2D eigenvalue weighted by molar-refractivity contribution is -0.120. The molecule has 2 aromatic rings. The summed E-state index contributed by atoms with van der Waals surface area (Å²) in [5.74, 6) is -0.795. The maximum atomic E-state index is 12.7. The van der Waals surface area contributed by atoms with Crippen LogP contribution in [0.3, 0.4) is 0 Å². The van der Waals surface area contributed by atoms with Gasteiger partial charge >= 0.3 is 0 Å². The summed E-state index contributed by atoms with van der Waals surface area (Å²) in [6, 6.07) is 14.6. The summed E-state index contributed by atoms with van der Waals surface area (Å²) in [4.78, 5) is 28.8. The fourth-order valence-corrected chi connectivity index (χ4v) is 3.90. The van der Waals surface area contributed by atoms with E-state index in [0.29, 0.717) is 10.5 Å². The number of halogens is 1. The van der Waals surface area contributed by atoms with Gasteiger partial charge in [-0.3, -0.25) is 9.59 Å². The molecule has 132 valence electrons. The Balaban J connectivity index is 1.84. The number of nitrogens with zero attached hydrogens (tertiary/aromatic N) is 2. The number of anilines is 1. The minimum absolute atomic E-state index is 0.249. The average molecular weight is 447 g/mol. The third-order valence-electron chi connectivity index (χ3n) is 3.80. The quantitative estimate of drug-likeness (QED) is 0.392. The molecule has 0 saturated carbocycles. The lowest BCUT2D eigenvalue weighted by Crippen LogP contribution is -2.34. The van der Waals surface area contributed by atoms with Gasteiger partial charge in [-0.1, -0.05) is 52.0 Å². The predicted molar refractivity (Wildman–Crippen MR) is 114 cm³/mol. The summed E-state index contributed by atoms with van der Waals surface area (Å²) in [6.45, 7) is 0. The molecule has 0 spiro atoms. The van der Waals surface area contributed by atoms with Gasteiger partial charge in [-0.05, 0) is 48.0 Å². The van der Waals surface area contributed by atoms with Gasteiger partial charge in [-0.25, -0.2) is 4.90 Å².